The molecule has 23 heavy (non-hydrogen) atoms. The second-order valence-corrected chi connectivity index (χ2v) is 6.57. The van der Waals surface area contributed by atoms with Crippen LogP contribution in [0.2, 0.25) is 0 Å². The highest BCUT2D eigenvalue weighted by molar-refractivity contribution is 5.04. The summed E-state index contributed by atoms with van der Waals surface area (Å²) in [7, 11) is 0. The van der Waals surface area contributed by atoms with Crippen molar-refractivity contribution in [3.8, 4) is 5.88 Å². The van der Waals surface area contributed by atoms with Crippen LogP contribution in [0.25, 0.3) is 0 Å². The van der Waals surface area contributed by atoms with Gasteiger partial charge in [-0.05, 0) is 31.2 Å². The van der Waals surface area contributed by atoms with Crippen LogP contribution in [0.1, 0.15) is 31.4 Å². The maximum atomic E-state index is 5.89. The zero-order chi connectivity index (χ0) is 15.5. The Balaban J connectivity index is 1.45. The highest BCUT2D eigenvalue weighted by Gasteiger charge is 2.29. The van der Waals surface area contributed by atoms with Gasteiger partial charge in [0, 0.05) is 44.3 Å². The Morgan fingerprint density at radius 2 is 2.13 bits per heavy atom. The largest absolute Gasteiger partial charge is 0.475 e. The number of ether oxygens (including phenoxy) is 1. The minimum Gasteiger partial charge on any atom is -0.475 e. The maximum Gasteiger partial charge on any atom is 0.232 e. The zero-order valence-corrected chi connectivity index (χ0v) is 13.3. The summed E-state index contributed by atoms with van der Waals surface area (Å²) in [6, 6.07) is 2.54. The van der Waals surface area contributed by atoms with Crippen LogP contribution in [0.4, 0.5) is 0 Å². The van der Waals surface area contributed by atoms with E-state index in [-0.39, 0.29) is 0 Å². The summed E-state index contributed by atoms with van der Waals surface area (Å²) in [5.41, 5.74) is 1.31. The first-order valence-electron chi connectivity index (χ1n) is 8.52. The molecule has 1 aliphatic heterocycles. The number of hydrogen-bond acceptors (Lipinski definition) is 5. The molecule has 0 spiro atoms. The van der Waals surface area contributed by atoms with E-state index in [4.69, 9.17) is 4.74 Å². The van der Waals surface area contributed by atoms with Gasteiger partial charge in [-0.3, -0.25) is 14.6 Å². The highest BCUT2D eigenvalue weighted by atomic mass is 16.5. The maximum absolute atomic E-state index is 5.89. The summed E-state index contributed by atoms with van der Waals surface area (Å²) < 4.78 is 8.03. The molecule has 0 bridgehead atoms. The van der Waals surface area contributed by atoms with Gasteiger partial charge < -0.3 is 4.74 Å². The Bertz CT molecular complexity index is 625. The van der Waals surface area contributed by atoms with Crippen LogP contribution in [0.15, 0.2) is 30.9 Å². The molecule has 2 aromatic heterocycles. The molecule has 0 saturated heterocycles. The SMILES string of the molecule is c1cnc(OC[C@@H]2CCn3nccc3CN2CC2CCC2)cn1. The second-order valence-electron chi connectivity index (χ2n) is 6.57. The molecule has 1 atom stereocenters. The first-order chi connectivity index (χ1) is 11.4. The lowest BCUT2D eigenvalue weighted by molar-refractivity contribution is 0.0871. The topological polar surface area (TPSA) is 56.1 Å². The monoisotopic (exact) mass is 313 g/mol. The average molecular weight is 313 g/mol. The van der Waals surface area contributed by atoms with E-state index in [0.717, 1.165) is 25.4 Å². The Kier molecular flexibility index (Phi) is 4.24. The lowest BCUT2D eigenvalue weighted by atomic mass is 9.84. The van der Waals surface area contributed by atoms with Gasteiger partial charge in [0.25, 0.3) is 0 Å². The molecule has 2 aromatic rings. The molecular weight excluding hydrogens is 290 g/mol. The second kappa shape index (κ2) is 6.66. The fourth-order valence-corrected chi connectivity index (χ4v) is 3.44. The summed E-state index contributed by atoms with van der Waals surface area (Å²) >= 11 is 0. The van der Waals surface area contributed by atoms with Gasteiger partial charge >= 0.3 is 0 Å². The minimum atomic E-state index is 0.402. The van der Waals surface area contributed by atoms with Gasteiger partial charge in [0.2, 0.25) is 5.88 Å². The van der Waals surface area contributed by atoms with Crippen molar-refractivity contribution in [1.29, 1.82) is 0 Å². The van der Waals surface area contributed by atoms with Crippen LogP contribution in [-0.2, 0) is 13.1 Å². The molecule has 122 valence electrons. The summed E-state index contributed by atoms with van der Waals surface area (Å²) in [4.78, 5) is 10.9. The third-order valence-electron chi connectivity index (χ3n) is 5.04. The van der Waals surface area contributed by atoms with Crippen LogP contribution in [0.3, 0.4) is 0 Å². The van der Waals surface area contributed by atoms with Gasteiger partial charge in [-0.1, -0.05) is 6.42 Å². The number of fused-ring (bicyclic) bond motifs is 1. The minimum absolute atomic E-state index is 0.402. The Morgan fingerprint density at radius 1 is 1.17 bits per heavy atom. The molecule has 0 amide bonds. The van der Waals surface area contributed by atoms with Crippen molar-refractivity contribution in [1.82, 2.24) is 24.6 Å². The fourth-order valence-electron chi connectivity index (χ4n) is 3.44. The normalized spacial score (nSPS) is 22.2. The van der Waals surface area contributed by atoms with E-state index in [0.29, 0.717) is 18.5 Å². The quantitative estimate of drug-likeness (QED) is 0.846. The van der Waals surface area contributed by atoms with Crippen molar-refractivity contribution >= 4 is 0 Å². The molecule has 6 nitrogen and oxygen atoms in total. The lowest BCUT2D eigenvalue weighted by Crippen LogP contribution is -2.42. The van der Waals surface area contributed by atoms with Gasteiger partial charge in [-0.2, -0.15) is 5.10 Å². The van der Waals surface area contributed by atoms with E-state index < -0.39 is 0 Å². The molecule has 0 radical (unpaired) electrons. The number of aromatic nitrogens is 4. The van der Waals surface area contributed by atoms with Crippen LogP contribution >= 0.6 is 0 Å². The van der Waals surface area contributed by atoms with Gasteiger partial charge in [0.15, 0.2) is 0 Å². The molecular formula is C17H23N5O. The molecule has 0 aromatic carbocycles. The van der Waals surface area contributed by atoms with Crippen LogP contribution < -0.4 is 4.74 Å². The Labute approximate surface area is 136 Å². The number of rotatable bonds is 5. The summed E-state index contributed by atoms with van der Waals surface area (Å²) in [6.45, 7) is 3.75. The molecule has 4 rings (SSSR count). The molecule has 3 heterocycles. The van der Waals surface area contributed by atoms with Crippen LogP contribution in [0, 0.1) is 5.92 Å². The zero-order valence-electron chi connectivity index (χ0n) is 13.3. The number of aryl methyl sites for hydroxylation is 1. The summed E-state index contributed by atoms with van der Waals surface area (Å²) in [5, 5.41) is 4.44. The molecule has 6 heteroatoms. The van der Waals surface area contributed by atoms with Gasteiger partial charge in [0.1, 0.15) is 6.61 Å². The van der Waals surface area contributed by atoms with Crippen LogP contribution in [-0.4, -0.2) is 43.8 Å². The third-order valence-corrected chi connectivity index (χ3v) is 5.04. The predicted molar refractivity (Wildman–Crippen MR) is 85.9 cm³/mol. The lowest BCUT2D eigenvalue weighted by Gasteiger charge is -2.35. The summed E-state index contributed by atoms with van der Waals surface area (Å²) in [6.07, 6.45) is 12.1. The van der Waals surface area contributed by atoms with Crippen molar-refractivity contribution in [2.24, 2.45) is 5.92 Å². The van der Waals surface area contributed by atoms with E-state index in [1.165, 1.54) is 31.5 Å². The number of nitrogens with zero attached hydrogens (tertiary/aromatic N) is 5. The smallest absolute Gasteiger partial charge is 0.232 e. The summed E-state index contributed by atoms with van der Waals surface area (Å²) in [5.74, 6) is 1.46. The van der Waals surface area contributed by atoms with Crippen molar-refractivity contribution in [2.45, 2.75) is 44.8 Å². The molecule has 2 aliphatic rings. The van der Waals surface area contributed by atoms with Crippen molar-refractivity contribution < 1.29 is 4.74 Å². The fraction of sp³-hybridized carbons (Fsp3) is 0.588. The van der Waals surface area contributed by atoms with Crippen molar-refractivity contribution in [3.63, 3.8) is 0 Å². The first-order valence-corrected chi connectivity index (χ1v) is 8.52. The van der Waals surface area contributed by atoms with Gasteiger partial charge in [0.05, 0.1) is 11.9 Å². The Hall–Kier alpha value is -1.95. The average Bonchev–Trinajstić information content (AvgIpc) is 2.91. The van der Waals surface area contributed by atoms with Crippen molar-refractivity contribution in [2.75, 3.05) is 13.2 Å². The van der Waals surface area contributed by atoms with E-state index in [1.54, 1.807) is 18.6 Å². The molecule has 1 fully saturated rings. The predicted octanol–water partition coefficient (Wildman–Crippen LogP) is 2.13. The van der Waals surface area contributed by atoms with Crippen LogP contribution in [0.5, 0.6) is 5.88 Å². The van der Waals surface area contributed by atoms with Gasteiger partial charge in [-0.25, -0.2) is 4.98 Å². The molecule has 1 aliphatic carbocycles. The van der Waals surface area contributed by atoms with E-state index in [9.17, 15) is 0 Å². The molecule has 1 saturated carbocycles. The van der Waals surface area contributed by atoms with E-state index >= 15 is 0 Å². The molecule has 0 unspecified atom stereocenters. The standard InChI is InChI=1S/C17H23N5O/c1-2-14(3-1)11-21-12-15-4-6-20-22(15)9-5-16(21)13-23-17-10-18-7-8-19-17/h4,6-8,10,14,16H,1-3,5,9,11-13H2/t16-/m0/s1. The number of hydrogen-bond donors (Lipinski definition) is 0. The Morgan fingerprint density at radius 3 is 2.91 bits per heavy atom. The first kappa shape index (κ1) is 14.6. The van der Waals surface area contributed by atoms with E-state index in [1.807, 2.05) is 6.20 Å². The van der Waals surface area contributed by atoms with E-state index in [2.05, 4.69) is 30.7 Å². The molecule has 0 N–H and O–H groups in total. The van der Waals surface area contributed by atoms with Crippen molar-refractivity contribution in [3.05, 3.63) is 36.5 Å². The highest BCUT2D eigenvalue weighted by Crippen LogP contribution is 2.29. The van der Waals surface area contributed by atoms with Gasteiger partial charge in [-0.15, -0.1) is 0 Å². The third kappa shape index (κ3) is 3.37.